The molecule has 3 aliphatic heterocycles. The molecule has 3 saturated heterocycles. The van der Waals surface area contributed by atoms with E-state index in [0.29, 0.717) is 78.5 Å². The quantitative estimate of drug-likeness (QED) is 0.0884. The number of carbonyl (C=O) groups excluding carboxylic acids is 3. The Balaban J connectivity index is 0.837. The number of hydrogen-bond acceptors (Lipinski definition) is 14. The van der Waals surface area contributed by atoms with Crippen LogP contribution in [0.15, 0.2) is 84.0 Å². The summed E-state index contributed by atoms with van der Waals surface area (Å²) < 4.78 is 14.4. The van der Waals surface area contributed by atoms with Crippen molar-refractivity contribution in [2.45, 2.75) is 37.7 Å². The van der Waals surface area contributed by atoms with Crippen LogP contribution in [0.5, 0.6) is 11.5 Å². The molecular weight excluding hydrogens is 923 g/mol. The number of likely N-dealkylation sites (tertiary alicyclic amines) is 1. The second-order valence-corrected chi connectivity index (χ2v) is 20.0. The van der Waals surface area contributed by atoms with Crippen LogP contribution in [-0.4, -0.2) is 130 Å². The molecule has 3 amide bonds. The molecule has 66 heavy (non-hydrogen) atoms. The molecule has 0 radical (unpaired) electrons. The highest BCUT2D eigenvalue weighted by molar-refractivity contribution is 9.10. The SMILES string of the molecule is COc1cc(N2CCN(C(=O)CN3CCC(c4ccc(OC5CCC(=O)NC5=O)cc4)CC3)CC2)c(-c2cnn(C)c2)cc1Nc1ncc(Br)c(Nc2ccc3nccnc3c2P(C)C)n1. The molecule has 1 atom stereocenters. The number of amides is 3. The van der Waals surface area contributed by atoms with E-state index in [1.165, 1.54) is 5.56 Å². The van der Waals surface area contributed by atoms with Gasteiger partial charge in [0.1, 0.15) is 17.3 Å². The maximum Gasteiger partial charge on any atom is 0.267 e. The number of aromatic nitrogens is 6. The monoisotopic (exact) mass is 974 g/mol. The van der Waals surface area contributed by atoms with Crippen LogP contribution in [0.1, 0.15) is 37.2 Å². The number of carbonyl (C=O) groups is 3. The van der Waals surface area contributed by atoms with Crippen molar-refractivity contribution in [3.8, 4) is 22.6 Å². The molecule has 19 heteroatoms. The minimum Gasteiger partial charge on any atom is -0.494 e. The highest BCUT2D eigenvalue weighted by Gasteiger charge is 2.30. The summed E-state index contributed by atoms with van der Waals surface area (Å²) in [5.41, 5.74) is 7.43. The minimum absolute atomic E-state index is 0.145. The van der Waals surface area contributed by atoms with Gasteiger partial charge in [0.25, 0.3) is 5.91 Å². The Morgan fingerprint density at radius 3 is 2.39 bits per heavy atom. The summed E-state index contributed by atoms with van der Waals surface area (Å²) in [6.45, 7) is 8.98. The van der Waals surface area contributed by atoms with Gasteiger partial charge < -0.3 is 29.9 Å². The largest absolute Gasteiger partial charge is 0.494 e. The number of hydrogen-bond donors (Lipinski definition) is 3. The smallest absolute Gasteiger partial charge is 0.267 e. The number of anilines is 5. The summed E-state index contributed by atoms with van der Waals surface area (Å²) in [7, 11) is 3.02. The number of aryl methyl sites for hydroxylation is 1. The van der Waals surface area contributed by atoms with Gasteiger partial charge in [-0.2, -0.15) is 10.1 Å². The normalized spacial score (nSPS) is 17.3. The summed E-state index contributed by atoms with van der Waals surface area (Å²) >= 11 is 3.65. The summed E-state index contributed by atoms with van der Waals surface area (Å²) in [5.74, 6) is 2.09. The highest BCUT2D eigenvalue weighted by atomic mass is 79.9. The molecule has 17 nitrogen and oxygen atoms in total. The summed E-state index contributed by atoms with van der Waals surface area (Å²) in [4.78, 5) is 62.5. The number of benzene rings is 3. The fourth-order valence-corrected chi connectivity index (χ4v) is 10.4. The molecule has 0 spiro atoms. The molecule has 0 saturated carbocycles. The number of methoxy groups -OCH3 is 1. The lowest BCUT2D eigenvalue weighted by Crippen LogP contribution is -2.52. The van der Waals surface area contributed by atoms with Gasteiger partial charge in [-0.1, -0.05) is 20.1 Å². The number of fused-ring (bicyclic) bond motifs is 1. The molecule has 6 aromatic rings. The molecule has 6 heterocycles. The van der Waals surface area contributed by atoms with E-state index in [1.807, 2.05) is 54.7 Å². The Kier molecular flexibility index (Phi) is 13.4. The second kappa shape index (κ2) is 19.7. The lowest BCUT2D eigenvalue weighted by Gasteiger charge is -2.39. The molecule has 3 aromatic heterocycles. The van der Waals surface area contributed by atoms with E-state index >= 15 is 0 Å². The predicted octanol–water partition coefficient (Wildman–Crippen LogP) is 6.16. The first-order valence-electron chi connectivity index (χ1n) is 22.0. The first-order chi connectivity index (χ1) is 32.0. The van der Waals surface area contributed by atoms with Crippen LogP contribution in [0.25, 0.3) is 22.2 Å². The van der Waals surface area contributed by atoms with Crippen molar-refractivity contribution in [3.05, 3.63) is 89.6 Å². The zero-order valence-corrected chi connectivity index (χ0v) is 39.8. The third kappa shape index (κ3) is 9.95. The Morgan fingerprint density at radius 1 is 0.909 bits per heavy atom. The van der Waals surface area contributed by atoms with Gasteiger partial charge in [-0.05, 0) is 97.0 Å². The summed E-state index contributed by atoms with van der Waals surface area (Å²) in [5, 5.41) is 14.9. The van der Waals surface area contributed by atoms with Gasteiger partial charge in [0.2, 0.25) is 17.8 Å². The molecule has 342 valence electrons. The van der Waals surface area contributed by atoms with Gasteiger partial charge in [-0.3, -0.25) is 39.3 Å². The summed E-state index contributed by atoms with van der Waals surface area (Å²) in [6.07, 6.45) is 10.9. The summed E-state index contributed by atoms with van der Waals surface area (Å²) in [6, 6.07) is 16.0. The van der Waals surface area contributed by atoms with E-state index in [1.54, 1.807) is 30.4 Å². The third-order valence-corrected chi connectivity index (χ3v) is 14.3. The van der Waals surface area contributed by atoms with E-state index in [0.717, 1.165) is 64.8 Å². The van der Waals surface area contributed by atoms with E-state index in [2.05, 4.69) is 93.3 Å². The van der Waals surface area contributed by atoms with E-state index in [4.69, 9.17) is 14.5 Å². The number of piperazine rings is 1. The first kappa shape index (κ1) is 44.9. The highest BCUT2D eigenvalue weighted by Crippen LogP contribution is 2.41. The number of ether oxygens (including phenoxy) is 2. The Bertz CT molecular complexity index is 2760. The maximum absolute atomic E-state index is 13.7. The molecular formula is C47H52BrN12O5P. The Hall–Kier alpha value is -6.23. The van der Waals surface area contributed by atoms with Crippen LogP contribution in [-0.2, 0) is 21.4 Å². The molecule has 9 rings (SSSR count). The van der Waals surface area contributed by atoms with Crippen LogP contribution in [0, 0.1) is 0 Å². The number of imide groups is 1. The zero-order valence-electron chi connectivity index (χ0n) is 37.3. The van der Waals surface area contributed by atoms with Crippen molar-refractivity contribution in [3.63, 3.8) is 0 Å². The van der Waals surface area contributed by atoms with Crippen molar-refractivity contribution in [1.82, 2.24) is 44.8 Å². The van der Waals surface area contributed by atoms with Crippen LogP contribution in [0.3, 0.4) is 0 Å². The van der Waals surface area contributed by atoms with Crippen LogP contribution < -0.4 is 35.6 Å². The van der Waals surface area contributed by atoms with Crippen molar-refractivity contribution in [1.29, 1.82) is 0 Å². The second-order valence-electron chi connectivity index (χ2n) is 16.9. The number of piperidine rings is 2. The Morgan fingerprint density at radius 2 is 1.68 bits per heavy atom. The van der Waals surface area contributed by atoms with Crippen molar-refractivity contribution in [2.24, 2.45) is 7.05 Å². The average molecular weight is 976 g/mol. The van der Waals surface area contributed by atoms with Crippen LogP contribution in [0.2, 0.25) is 0 Å². The van der Waals surface area contributed by atoms with Gasteiger partial charge in [0.15, 0.2) is 6.10 Å². The van der Waals surface area contributed by atoms with Crippen LogP contribution in [0.4, 0.5) is 28.8 Å². The number of rotatable bonds is 13. The molecule has 3 N–H and O–H groups in total. The minimum atomic E-state index is -0.656. The third-order valence-electron chi connectivity index (χ3n) is 12.4. The fourth-order valence-electron chi connectivity index (χ4n) is 8.91. The first-order valence-corrected chi connectivity index (χ1v) is 25.1. The maximum atomic E-state index is 13.7. The molecule has 3 aliphatic rings. The van der Waals surface area contributed by atoms with Gasteiger partial charge >= 0.3 is 0 Å². The van der Waals surface area contributed by atoms with Crippen LogP contribution >= 0.6 is 23.9 Å². The fraction of sp³-hybridized carbons (Fsp3) is 0.362. The topological polar surface area (TPSA) is 185 Å². The lowest BCUT2D eigenvalue weighted by atomic mass is 9.89. The van der Waals surface area contributed by atoms with E-state index in [9.17, 15) is 14.4 Å². The van der Waals surface area contributed by atoms with Gasteiger partial charge in [0.05, 0.1) is 41.0 Å². The number of nitrogens with one attached hydrogen (secondary N) is 3. The van der Waals surface area contributed by atoms with Crippen molar-refractivity contribution in [2.75, 3.05) is 81.8 Å². The van der Waals surface area contributed by atoms with Gasteiger partial charge in [-0.15, -0.1) is 0 Å². The zero-order chi connectivity index (χ0) is 45.9. The van der Waals surface area contributed by atoms with Gasteiger partial charge in [0, 0.05) is 105 Å². The predicted molar refractivity (Wildman–Crippen MR) is 260 cm³/mol. The standard InChI is InChI=1S/C47H52BrN12O5P/c1-57-27-31(25-52-57)33-23-37(54-47-51-26-34(48)45(56-47)53-36-10-9-35-43(44(36)66(3)4)50-16-15-49-35)40(64-2)24-38(33)59-19-21-60(22-20-59)42(62)28-58-17-13-30(14-18-58)29-5-7-32(8-6-29)65-39-11-12-41(61)55-46(39)63/h5-10,15-16,23-27,30,39H,11-14,17-22,28H2,1-4H3,(H,55,61,63)(H2,51,53,54,56). The van der Waals surface area contributed by atoms with E-state index < -0.39 is 14.0 Å². The number of nitrogens with zero attached hydrogens (tertiary/aromatic N) is 9. The molecule has 0 bridgehead atoms. The Labute approximate surface area is 392 Å². The van der Waals surface area contributed by atoms with Gasteiger partial charge in [-0.25, -0.2) is 4.98 Å². The molecule has 0 aliphatic carbocycles. The lowest BCUT2D eigenvalue weighted by molar-refractivity contribution is -0.139. The average Bonchev–Trinajstić information content (AvgIpc) is 3.77. The molecule has 1 unspecified atom stereocenters. The molecule has 3 fully saturated rings. The van der Waals surface area contributed by atoms with Crippen molar-refractivity contribution < 1.29 is 23.9 Å². The van der Waals surface area contributed by atoms with Crippen molar-refractivity contribution >= 4 is 86.7 Å². The number of halogens is 1. The van der Waals surface area contributed by atoms with E-state index in [-0.39, 0.29) is 24.1 Å². The molecule has 3 aromatic carbocycles.